The van der Waals surface area contributed by atoms with E-state index in [4.69, 9.17) is 9.84 Å². The second-order valence-corrected chi connectivity index (χ2v) is 6.21. The highest BCUT2D eigenvalue weighted by molar-refractivity contribution is 7.99. The van der Waals surface area contributed by atoms with Crippen LogP contribution in [0.5, 0.6) is 5.75 Å². The van der Waals surface area contributed by atoms with Gasteiger partial charge >= 0.3 is 5.97 Å². The Morgan fingerprint density at radius 1 is 1.19 bits per heavy atom. The first kappa shape index (κ1) is 18.4. The molecule has 1 aromatic heterocycles. The van der Waals surface area contributed by atoms with Gasteiger partial charge in [0.2, 0.25) is 11.1 Å². The second-order valence-electron chi connectivity index (χ2n) is 5.26. The third-order valence-corrected chi connectivity index (χ3v) is 4.42. The molecule has 2 aromatic carbocycles. The fourth-order valence-corrected chi connectivity index (χ4v) is 2.93. The van der Waals surface area contributed by atoms with E-state index in [9.17, 15) is 9.59 Å². The predicted molar refractivity (Wildman–Crippen MR) is 98.5 cm³/mol. The van der Waals surface area contributed by atoms with Gasteiger partial charge < -0.3 is 15.2 Å². The lowest BCUT2D eigenvalue weighted by molar-refractivity contribution is -0.113. The van der Waals surface area contributed by atoms with Crippen LogP contribution in [0.15, 0.2) is 53.7 Å². The van der Waals surface area contributed by atoms with Crippen molar-refractivity contribution in [2.75, 3.05) is 18.2 Å². The standard InChI is InChI=1S/C17H15N5O4S/c1-26-14-5-3-2-4-13(14)22-17(19-20-21-22)27-10-15(23)18-12-8-6-11(7-9-12)16(24)25/h2-9H,10H2,1H3,(H,18,23)(H,24,25). The molecule has 0 radical (unpaired) electrons. The fourth-order valence-electron chi connectivity index (χ4n) is 2.25. The van der Waals surface area contributed by atoms with Crippen molar-refractivity contribution < 1.29 is 19.4 Å². The molecule has 0 unspecified atom stereocenters. The number of methoxy groups -OCH3 is 1. The van der Waals surface area contributed by atoms with Gasteiger partial charge in [0.05, 0.1) is 18.4 Å². The highest BCUT2D eigenvalue weighted by Crippen LogP contribution is 2.25. The Bertz CT molecular complexity index is 958. The summed E-state index contributed by atoms with van der Waals surface area (Å²) in [6.45, 7) is 0. The number of carbonyl (C=O) groups is 2. The number of nitrogens with zero attached hydrogens (tertiary/aromatic N) is 4. The van der Waals surface area contributed by atoms with E-state index in [0.29, 0.717) is 22.3 Å². The minimum absolute atomic E-state index is 0.0796. The molecule has 27 heavy (non-hydrogen) atoms. The van der Waals surface area contributed by atoms with E-state index in [2.05, 4.69) is 20.8 Å². The molecule has 3 rings (SSSR count). The van der Waals surface area contributed by atoms with Gasteiger partial charge in [-0.2, -0.15) is 4.68 Å². The Kier molecular flexibility index (Phi) is 5.67. The van der Waals surface area contributed by atoms with Crippen LogP contribution in [0, 0.1) is 0 Å². The maximum Gasteiger partial charge on any atom is 0.335 e. The third kappa shape index (κ3) is 4.42. The lowest BCUT2D eigenvalue weighted by Crippen LogP contribution is -2.14. The van der Waals surface area contributed by atoms with Crippen molar-refractivity contribution in [2.45, 2.75) is 5.16 Å². The number of aromatic carboxylic acids is 1. The zero-order chi connectivity index (χ0) is 19.2. The largest absolute Gasteiger partial charge is 0.494 e. The van der Waals surface area contributed by atoms with Crippen molar-refractivity contribution in [1.29, 1.82) is 0 Å². The van der Waals surface area contributed by atoms with Gasteiger partial charge in [0.15, 0.2) is 0 Å². The lowest BCUT2D eigenvalue weighted by atomic mass is 10.2. The fraction of sp³-hybridized carbons (Fsp3) is 0.118. The van der Waals surface area contributed by atoms with Crippen LogP contribution >= 0.6 is 11.8 Å². The van der Waals surface area contributed by atoms with Crippen molar-refractivity contribution >= 4 is 29.3 Å². The number of carbonyl (C=O) groups excluding carboxylic acids is 1. The number of hydrogen-bond acceptors (Lipinski definition) is 7. The molecular formula is C17H15N5O4S. The zero-order valence-corrected chi connectivity index (χ0v) is 15.0. The topological polar surface area (TPSA) is 119 Å². The number of aromatic nitrogens is 4. The summed E-state index contributed by atoms with van der Waals surface area (Å²) in [7, 11) is 1.55. The number of rotatable bonds is 7. The van der Waals surface area contributed by atoms with Crippen LogP contribution in [0.2, 0.25) is 0 Å². The Hall–Kier alpha value is -3.40. The second kappa shape index (κ2) is 8.32. The molecule has 10 heteroatoms. The number of carboxylic acid groups (broad SMARTS) is 1. The number of carboxylic acids is 1. The quantitative estimate of drug-likeness (QED) is 0.594. The summed E-state index contributed by atoms with van der Waals surface area (Å²) >= 11 is 1.17. The van der Waals surface area contributed by atoms with E-state index >= 15 is 0 Å². The van der Waals surface area contributed by atoms with Gasteiger partial charge in [-0.05, 0) is 46.8 Å². The normalized spacial score (nSPS) is 10.4. The average Bonchev–Trinajstić information content (AvgIpc) is 3.15. The van der Waals surface area contributed by atoms with Crippen LogP contribution in [0.25, 0.3) is 5.69 Å². The van der Waals surface area contributed by atoms with Crippen LogP contribution in [0.3, 0.4) is 0 Å². The molecule has 3 aromatic rings. The molecule has 2 N–H and O–H groups in total. The maximum absolute atomic E-state index is 12.1. The molecule has 1 heterocycles. The molecule has 0 aliphatic rings. The number of amides is 1. The minimum Gasteiger partial charge on any atom is -0.494 e. The van der Waals surface area contributed by atoms with Crippen molar-refractivity contribution in [3.8, 4) is 11.4 Å². The number of anilines is 1. The van der Waals surface area contributed by atoms with Gasteiger partial charge in [0.1, 0.15) is 11.4 Å². The molecule has 0 aliphatic heterocycles. The summed E-state index contributed by atoms with van der Waals surface area (Å²) in [6.07, 6.45) is 0. The van der Waals surface area contributed by atoms with Crippen LogP contribution in [0.4, 0.5) is 5.69 Å². The summed E-state index contributed by atoms with van der Waals surface area (Å²) in [6, 6.07) is 13.2. The molecule has 0 saturated heterocycles. The summed E-state index contributed by atoms with van der Waals surface area (Å²) in [5.41, 5.74) is 1.32. The number of ether oxygens (including phenoxy) is 1. The summed E-state index contributed by atoms with van der Waals surface area (Å²) in [4.78, 5) is 23.0. The summed E-state index contributed by atoms with van der Waals surface area (Å²) < 4.78 is 6.81. The van der Waals surface area contributed by atoms with Crippen molar-refractivity contribution in [3.05, 3.63) is 54.1 Å². The summed E-state index contributed by atoms with van der Waals surface area (Å²) in [5.74, 6) is -0.602. The van der Waals surface area contributed by atoms with E-state index in [-0.39, 0.29) is 17.2 Å². The molecule has 9 nitrogen and oxygen atoms in total. The molecule has 0 fully saturated rings. The highest BCUT2D eigenvalue weighted by Gasteiger charge is 2.14. The Labute approximate surface area is 158 Å². The van der Waals surface area contributed by atoms with E-state index in [1.807, 2.05) is 18.2 Å². The molecule has 0 bridgehead atoms. The van der Waals surface area contributed by atoms with Crippen molar-refractivity contribution in [3.63, 3.8) is 0 Å². The first-order valence-corrected chi connectivity index (χ1v) is 8.75. The van der Waals surface area contributed by atoms with E-state index < -0.39 is 5.97 Å². The number of nitrogens with one attached hydrogen (secondary N) is 1. The van der Waals surface area contributed by atoms with Gasteiger partial charge in [0, 0.05) is 5.69 Å². The van der Waals surface area contributed by atoms with Crippen LogP contribution in [-0.2, 0) is 4.79 Å². The van der Waals surface area contributed by atoms with E-state index in [1.165, 1.54) is 40.7 Å². The van der Waals surface area contributed by atoms with Gasteiger partial charge in [-0.3, -0.25) is 4.79 Å². The maximum atomic E-state index is 12.1. The monoisotopic (exact) mass is 385 g/mol. The minimum atomic E-state index is -1.02. The van der Waals surface area contributed by atoms with Crippen LogP contribution in [0.1, 0.15) is 10.4 Å². The molecule has 0 aliphatic carbocycles. The first-order valence-electron chi connectivity index (χ1n) is 7.76. The van der Waals surface area contributed by atoms with Gasteiger partial charge in [-0.1, -0.05) is 23.9 Å². The summed E-state index contributed by atoms with van der Waals surface area (Å²) in [5, 5.41) is 23.6. The Balaban J connectivity index is 1.65. The number of benzene rings is 2. The van der Waals surface area contributed by atoms with Crippen molar-refractivity contribution in [2.24, 2.45) is 0 Å². The smallest absolute Gasteiger partial charge is 0.335 e. The van der Waals surface area contributed by atoms with Gasteiger partial charge in [-0.25, -0.2) is 4.79 Å². The molecule has 0 atom stereocenters. The number of thioether (sulfide) groups is 1. The van der Waals surface area contributed by atoms with Crippen LogP contribution in [-0.4, -0.2) is 50.1 Å². The average molecular weight is 385 g/mol. The highest BCUT2D eigenvalue weighted by atomic mass is 32.2. The SMILES string of the molecule is COc1ccccc1-n1nnnc1SCC(=O)Nc1ccc(C(=O)O)cc1. The zero-order valence-electron chi connectivity index (χ0n) is 14.2. The predicted octanol–water partition coefficient (Wildman–Crippen LogP) is 2.10. The van der Waals surface area contributed by atoms with E-state index in [0.717, 1.165) is 0 Å². The Morgan fingerprint density at radius 2 is 1.93 bits per heavy atom. The third-order valence-electron chi connectivity index (χ3n) is 3.50. The molecule has 138 valence electrons. The molecular weight excluding hydrogens is 370 g/mol. The van der Waals surface area contributed by atoms with Crippen LogP contribution < -0.4 is 10.1 Å². The number of hydrogen-bond donors (Lipinski definition) is 2. The molecule has 0 spiro atoms. The van der Waals surface area contributed by atoms with Gasteiger partial charge in [-0.15, -0.1) is 5.10 Å². The number of para-hydroxylation sites is 2. The van der Waals surface area contributed by atoms with E-state index in [1.54, 1.807) is 13.2 Å². The Morgan fingerprint density at radius 3 is 2.63 bits per heavy atom. The number of tetrazole rings is 1. The lowest BCUT2D eigenvalue weighted by Gasteiger charge is -2.09. The van der Waals surface area contributed by atoms with Crippen molar-refractivity contribution in [1.82, 2.24) is 20.2 Å². The molecule has 1 amide bonds. The molecule has 0 saturated carbocycles. The first-order chi connectivity index (χ1) is 13.1. The van der Waals surface area contributed by atoms with Gasteiger partial charge in [0.25, 0.3) is 0 Å².